The monoisotopic (exact) mass is 260 g/mol. The van der Waals surface area contributed by atoms with Crippen LogP contribution in [-0.4, -0.2) is 37.9 Å². The first kappa shape index (κ1) is 13.7. The number of hydrogen-bond acceptors (Lipinski definition) is 4. The van der Waals surface area contributed by atoms with Crippen molar-refractivity contribution in [2.24, 2.45) is 7.05 Å². The van der Waals surface area contributed by atoms with Gasteiger partial charge in [0.25, 0.3) is 0 Å². The second-order valence-corrected chi connectivity index (χ2v) is 4.71. The van der Waals surface area contributed by atoms with Gasteiger partial charge in [0.2, 0.25) is 0 Å². The molecule has 0 saturated carbocycles. The highest BCUT2D eigenvalue weighted by Crippen LogP contribution is 2.11. The molecule has 0 amide bonds. The van der Waals surface area contributed by atoms with E-state index >= 15 is 0 Å². The van der Waals surface area contributed by atoms with E-state index in [-0.39, 0.29) is 6.61 Å². The summed E-state index contributed by atoms with van der Waals surface area (Å²) < 4.78 is 1.83. The molecule has 2 aromatic heterocycles. The molecule has 0 aromatic carbocycles. The minimum absolute atomic E-state index is 0.152. The SMILES string of the molecule is Cc1nn(C)cc1CN(CCO)Cc1cccnc1. The largest absolute Gasteiger partial charge is 0.395 e. The van der Waals surface area contributed by atoms with Crippen molar-refractivity contribution in [2.45, 2.75) is 20.0 Å². The fraction of sp³-hybridized carbons (Fsp3) is 0.429. The Balaban J connectivity index is 2.06. The standard InChI is InChI=1S/C14H20N4O/c1-12-14(10-17(2)16-12)11-18(6-7-19)9-13-4-3-5-15-8-13/h3-5,8,10,19H,6-7,9,11H2,1-2H3. The van der Waals surface area contributed by atoms with Gasteiger partial charge in [-0.25, -0.2) is 0 Å². The fourth-order valence-corrected chi connectivity index (χ4v) is 2.15. The fourth-order valence-electron chi connectivity index (χ4n) is 2.15. The van der Waals surface area contributed by atoms with Crippen LogP contribution >= 0.6 is 0 Å². The maximum Gasteiger partial charge on any atom is 0.0638 e. The van der Waals surface area contributed by atoms with E-state index in [1.54, 1.807) is 6.20 Å². The normalized spacial score (nSPS) is 11.2. The molecule has 0 fully saturated rings. The van der Waals surface area contributed by atoms with Crippen molar-refractivity contribution in [3.63, 3.8) is 0 Å². The van der Waals surface area contributed by atoms with E-state index in [4.69, 9.17) is 0 Å². The van der Waals surface area contributed by atoms with Crippen LogP contribution in [0.3, 0.4) is 0 Å². The van der Waals surface area contributed by atoms with E-state index in [1.165, 1.54) is 5.56 Å². The summed E-state index contributed by atoms with van der Waals surface area (Å²) in [4.78, 5) is 6.32. The first-order valence-electron chi connectivity index (χ1n) is 6.40. The lowest BCUT2D eigenvalue weighted by molar-refractivity contribution is 0.184. The molecule has 0 aliphatic carbocycles. The van der Waals surface area contributed by atoms with Gasteiger partial charge in [-0.2, -0.15) is 5.10 Å². The van der Waals surface area contributed by atoms with E-state index in [1.807, 2.05) is 43.2 Å². The number of aryl methyl sites for hydroxylation is 2. The Bertz CT molecular complexity index is 509. The van der Waals surface area contributed by atoms with Gasteiger partial charge in [-0.1, -0.05) is 6.07 Å². The molecule has 0 atom stereocenters. The lowest BCUT2D eigenvalue weighted by Gasteiger charge is -2.20. The van der Waals surface area contributed by atoms with Crippen molar-refractivity contribution in [3.8, 4) is 0 Å². The van der Waals surface area contributed by atoms with Crippen LogP contribution in [0.5, 0.6) is 0 Å². The van der Waals surface area contributed by atoms with Crippen LogP contribution in [0.2, 0.25) is 0 Å². The number of hydrogen-bond donors (Lipinski definition) is 1. The maximum absolute atomic E-state index is 9.19. The van der Waals surface area contributed by atoms with Crippen LogP contribution in [-0.2, 0) is 20.1 Å². The van der Waals surface area contributed by atoms with Gasteiger partial charge in [0.15, 0.2) is 0 Å². The van der Waals surface area contributed by atoms with Gasteiger partial charge in [-0.3, -0.25) is 14.6 Å². The van der Waals surface area contributed by atoms with Crippen molar-refractivity contribution in [1.82, 2.24) is 19.7 Å². The van der Waals surface area contributed by atoms with E-state index in [0.717, 1.165) is 24.3 Å². The third-order valence-electron chi connectivity index (χ3n) is 3.05. The zero-order valence-corrected chi connectivity index (χ0v) is 11.5. The highest BCUT2D eigenvalue weighted by atomic mass is 16.3. The first-order chi connectivity index (χ1) is 9.19. The van der Waals surface area contributed by atoms with E-state index < -0.39 is 0 Å². The molecular weight excluding hydrogens is 240 g/mol. The topological polar surface area (TPSA) is 54.2 Å². The lowest BCUT2D eigenvalue weighted by atomic mass is 10.2. The maximum atomic E-state index is 9.19. The number of pyridine rings is 1. The summed E-state index contributed by atoms with van der Waals surface area (Å²) in [5.41, 5.74) is 3.38. The molecule has 0 unspecified atom stereocenters. The Labute approximate surface area is 113 Å². The highest BCUT2D eigenvalue weighted by Gasteiger charge is 2.10. The zero-order chi connectivity index (χ0) is 13.7. The number of rotatable bonds is 6. The Kier molecular flexibility index (Phi) is 4.65. The molecule has 0 spiro atoms. The van der Waals surface area contributed by atoms with Crippen molar-refractivity contribution in [2.75, 3.05) is 13.2 Å². The summed E-state index contributed by atoms with van der Waals surface area (Å²) in [7, 11) is 1.92. The van der Waals surface area contributed by atoms with Crippen molar-refractivity contribution >= 4 is 0 Å². The highest BCUT2D eigenvalue weighted by molar-refractivity contribution is 5.16. The number of aliphatic hydroxyl groups is 1. The third kappa shape index (κ3) is 3.87. The smallest absolute Gasteiger partial charge is 0.0638 e. The molecule has 0 aliphatic rings. The summed E-state index contributed by atoms with van der Waals surface area (Å²) in [5.74, 6) is 0. The molecule has 2 aromatic rings. The Morgan fingerprint density at radius 3 is 2.79 bits per heavy atom. The minimum atomic E-state index is 0.152. The van der Waals surface area contributed by atoms with Crippen molar-refractivity contribution in [1.29, 1.82) is 0 Å². The molecule has 2 heterocycles. The number of aromatic nitrogens is 3. The van der Waals surface area contributed by atoms with Crippen molar-refractivity contribution < 1.29 is 5.11 Å². The molecular formula is C14H20N4O. The summed E-state index contributed by atoms with van der Waals surface area (Å²) in [6.07, 6.45) is 5.66. The average molecular weight is 260 g/mol. The zero-order valence-electron chi connectivity index (χ0n) is 11.5. The molecule has 102 valence electrons. The number of nitrogens with zero attached hydrogens (tertiary/aromatic N) is 4. The van der Waals surface area contributed by atoms with Gasteiger partial charge in [0.05, 0.1) is 12.3 Å². The molecule has 0 aliphatic heterocycles. The molecule has 5 heteroatoms. The van der Waals surface area contributed by atoms with Gasteiger partial charge in [0, 0.05) is 50.8 Å². The predicted molar refractivity (Wildman–Crippen MR) is 73.4 cm³/mol. The predicted octanol–water partition coefficient (Wildman–Crippen LogP) is 1.12. The summed E-state index contributed by atoms with van der Waals surface area (Å²) >= 11 is 0. The van der Waals surface area contributed by atoms with E-state index in [0.29, 0.717) is 6.54 Å². The minimum Gasteiger partial charge on any atom is -0.395 e. The molecule has 2 rings (SSSR count). The van der Waals surface area contributed by atoms with Gasteiger partial charge in [0.1, 0.15) is 0 Å². The Morgan fingerprint density at radius 1 is 1.37 bits per heavy atom. The van der Waals surface area contributed by atoms with Crippen LogP contribution in [0.25, 0.3) is 0 Å². The second kappa shape index (κ2) is 6.45. The van der Waals surface area contributed by atoms with Crippen LogP contribution < -0.4 is 0 Å². The molecule has 0 saturated heterocycles. The van der Waals surface area contributed by atoms with Crippen molar-refractivity contribution in [3.05, 3.63) is 47.5 Å². The summed E-state index contributed by atoms with van der Waals surface area (Å²) in [5, 5.41) is 13.5. The second-order valence-electron chi connectivity index (χ2n) is 4.71. The van der Waals surface area contributed by atoms with E-state index in [9.17, 15) is 5.11 Å². The Hall–Kier alpha value is -1.72. The molecule has 1 N–H and O–H groups in total. The van der Waals surface area contributed by atoms with E-state index in [2.05, 4.69) is 15.0 Å². The average Bonchev–Trinajstić information content (AvgIpc) is 2.69. The van der Waals surface area contributed by atoms with Crippen LogP contribution in [0, 0.1) is 6.92 Å². The molecule has 0 bridgehead atoms. The van der Waals surface area contributed by atoms with Crippen LogP contribution in [0.15, 0.2) is 30.7 Å². The third-order valence-corrected chi connectivity index (χ3v) is 3.05. The van der Waals surface area contributed by atoms with Crippen LogP contribution in [0.1, 0.15) is 16.8 Å². The first-order valence-corrected chi connectivity index (χ1v) is 6.40. The molecule has 19 heavy (non-hydrogen) atoms. The van der Waals surface area contributed by atoms with Gasteiger partial charge >= 0.3 is 0 Å². The Morgan fingerprint density at radius 2 is 2.21 bits per heavy atom. The van der Waals surface area contributed by atoms with Gasteiger partial charge in [-0.05, 0) is 18.6 Å². The molecule has 0 radical (unpaired) electrons. The molecule has 5 nitrogen and oxygen atoms in total. The summed E-state index contributed by atoms with van der Waals surface area (Å²) in [6.45, 7) is 4.37. The van der Waals surface area contributed by atoms with Gasteiger partial charge in [-0.15, -0.1) is 0 Å². The number of aliphatic hydroxyl groups excluding tert-OH is 1. The summed E-state index contributed by atoms with van der Waals surface area (Å²) in [6, 6.07) is 3.98. The lowest BCUT2D eigenvalue weighted by Crippen LogP contribution is -2.26. The van der Waals surface area contributed by atoms with Gasteiger partial charge < -0.3 is 5.11 Å². The van der Waals surface area contributed by atoms with Crippen LogP contribution in [0.4, 0.5) is 0 Å². The quantitative estimate of drug-likeness (QED) is 0.845.